The van der Waals surface area contributed by atoms with Crippen LogP contribution in [-0.2, 0) is 9.47 Å². The normalized spacial score (nSPS) is 22.1. The van der Waals surface area contributed by atoms with Gasteiger partial charge in [0.2, 0.25) is 0 Å². The molecule has 0 bridgehead atoms. The van der Waals surface area contributed by atoms with Gasteiger partial charge in [-0.15, -0.1) is 0 Å². The maximum atomic E-state index is 5.80. The van der Waals surface area contributed by atoms with E-state index in [0.717, 1.165) is 19.6 Å². The maximum Gasteiger partial charge on any atom is 0.157 e. The molecule has 1 aliphatic heterocycles. The zero-order valence-electron chi connectivity index (χ0n) is 11.6. The number of ether oxygens (including phenoxy) is 2. The van der Waals surface area contributed by atoms with E-state index in [1.807, 2.05) is 0 Å². The van der Waals surface area contributed by atoms with Crippen LogP contribution in [0, 0.1) is 0 Å². The molecule has 0 aromatic rings. The Balaban J connectivity index is 1.90. The largest absolute Gasteiger partial charge is 0.353 e. The Hall–Kier alpha value is -0.0800. The van der Waals surface area contributed by atoms with Gasteiger partial charge in [0.05, 0.1) is 0 Å². The lowest BCUT2D eigenvalue weighted by Crippen LogP contribution is -2.20. The molecule has 1 fully saturated rings. The van der Waals surface area contributed by atoms with E-state index in [2.05, 4.69) is 6.92 Å². The van der Waals surface area contributed by atoms with Gasteiger partial charge in [0.1, 0.15) is 0 Å². The van der Waals surface area contributed by atoms with E-state index in [9.17, 15) is 0 Å². The lowest BCUT2D eigenvalue weighted by atomic mass is 10.1. The van der Waals surface area contributed by atoms with E-state index >= 15 is 0 Å². The van der Waals surface area contributed by atoms with Crippen molar-refractivity contribution in [2.75, 3.05) is 13.2 Å². The summed E-state index contributed by atoms with van der Waals surface area (Å²) in [5.41, 5.74) is 0. The van der Waals surface area contributed by atoms with Crippen LogP contribution < -0.4 is 0 Å². The quantitative estimate of drug-likeness (QED) is 0.576. The summed E-state index contributed by atoms with van der Waals surface area (Å²) in [6, 6.07) is 0. The van der Waals surface area contributed by atoms with Crippen LogP contribution in [0.5, 0.6) is 0 Å². The van der Waals surface area contributed by atoms with Crippen LogP contribution in [0.25, 0.3) is 0 Å². The van der Waals surface area contributed by atoms with Gasteiger partial charge in [0.25, 0.3) is 0 Å². The minimum Gasteiger partial charge on any atom is -0.353 e. The molecular weight excluding hydrogens is 212 g/mol. The van der Waals surface area contributed by atoms with Crippen LogP contribution in [0.3, 0.4) is 0 Å². The minimum atomic E-state index is 0.0888. The van der Waals surface area contributed by atoms with Crippen molar-refractivity contribution in [3.63, 3.8) is 0 Å². The van der Waals surface area contributed by atoms with Gasteiger partial charge in [-0.3, -0.25) is 0 Å². The second kappa shape index (κ2) is 11.0. The van der Waals surface area contributed by atoms with Crippen LogP contribution in [-0.4, -0.2) is 19.5 Å². The van der Waals surface area contributed by atoms with Crippen LogP contribution in [0.4, 0.5) is 0 Å². The van der Waals surface area contributed by atoms with E-state index in [0.29, 0.717) is 0 Å². The molecule has 2 nitrogen and oxygen atoms in total. The number of hydrogen-bond donors (Lipinski definition) is 0. The smallest absolute Gasteiger partial charge is 0.157 e. The molecular formula is C15H30O2. The van der Waals surface area contributed by atoms with Crippen molar-refractivity contribution in [2.45, 2.75) is 83.8 Å². The molecule has 1 saturated heterocycles. The molecule has 0 saturated carbocycles. The first kappa shape index (κ1) is 15.0. The Kier molecular flexibility index (Phi) is 9.72. The summed E-state index contributed by atoms with van der Waals surface area (Å²) >= 11 is 0. The van der Waals surface area contributed by atoms with Crippen molar-refractivity contribution >= 4 is 0 Å². The Morgan fingerprint density at radius 3 is 2.59 bits per heavy atom. The SMILES string of the molecule is CCCCCCCCOC1CCCCCCO1. The molecule has 0 aliphatic carbocycles. The Morgan fingerprint density at radius 1 is 0.941 bits per heavy atom. The van der Waals surface area contributed by atoms with E-state index in [1.54, 1.807) is 0 Å². The molecule has 1 atom stereocenters. The van der Waals surface area contributed by atoms with Crippen molar-refractivity contribution in [2.24, 2.45) is 0 Å². The molecule has 0 N–H and O–H groups in total. The molecule has 0 aromatic heterocycles. The first-order valence-corrected chi connectivity index (χ1v) is 7.66. The van der Waals surface area contributed by atoms with E-state index < -0.39 is 0 Å². The molecule has 17 heavy (non-hydrogen) atoms. The summed E-state index contributed by atoms with van der Waals surface area (Å²) in [6.45, 7) is 4.03. The average Bonchev–Trinajstić information content (AvgIpc) is 2.30. The third-order valence-electron chi connectivity index (χ3n) is 3.44. The number of rotatable bonds is 8. The summed E-state index contributed by atoms with van der Waals surface area (Å²) in [4.78, 5) is 0. The van der Waals surface area contributed by atoms with Gasteiger partial charge >= 0.3 is 0 Å². The fraction of sp³-hybridized carbons (Fsp3) is 1.00. The van der Waals surface area contributed by atoms with Crippen LogP contribution >= 0.6 is 0 Å². The van der Waals surface area contributed by atoms with Crippen molar-refractivity contribution < 1.29 is 9.47 Å². The van der Waals surface area contributed by atoms with Gasteiger partial charge in [-0.05, 0) is 25.7 Å². The van der Waals surface area contributed by atoms with Crippen LogP contribution in [0.1, 0.15) is 77.6 Å². The summed E-state index contributed by atoms with van der Waals surface area (Å²) < 4.78 is 11.5. The number of unbranched alkanes of at least 4 members (excludes halogenated alkanes) is 5. The first-order chi connectivity index (χ1) is 8.43. The lowest BCUT2D eigenvalue weighted by Gasteiger charge is -2.20. The molecule has 0 amide bonds. The molecule has 2 heteroatoms. The van der Waals surface area contributed by atoms with Gasteiger partial charge in [-0.2, -0.15) is 0 Å². The summed E-state index contributed by atoms with van der Waals surface area (Å²) in [7, 11) is 0. The van der Waals surface area contributed by atoms with Crippen molar-refractivity contribution in [1.82, 2.24) is 0 Å². The highest BCUT2D eigenvalue weighted by atomic mass is 16.7. The van der Waals surface area contributed by atoms with Crippen LogP contribution in [0.2, 0.25) is 0 Å². The van der Waals surface area contributed by atoms with E-state index in [-0.39, 0.29) is 6.29 Å². The van der Waals surface area contributed by atoms with Crippen molar-refractivity contribution in [3.8, 4) is 0 Å². The maximum absolute atomic E-state index is 5.80. The number of hydrogen-bond acceptors (Lipinski definition) is 2. The fourth-order valence-corrected chi connectivity index (χ4v) is 2.29. The highest BCUT2D eigenvalue weighted by Crippen LogP contribution is 2.15. The molecule has 1 heterocycles. The molecule has 1 aliphatic rings. The molecule has 0 aromatic carbocycles. The highest BCUT2D eigenvalue weighted by molar-refractivity contribution is 4.54. The molecule has 1 rings (SSSR count). The van der Waals surface area contributed by atoms with Gasteiger partial charge in [-0.1, -0.05) is 51.9 Å². The van der Waals surface area contributed by atoms with Gasteiger partial charge in [-0.25, -0.2) is 0 Å². The lowest BCUT2D eigenvalue weighted by molar-refractivity contribution is -0.151. The molecule has 102 valence electrons. The van der Waals surface area contributed by atoms with Gasteiger partial charge in [0.15, 0.2) is 6.29 Å². The predicted octanol–water partition coefficient (Wildman–Crippen LogP) is 4.67. The summed E-state index contributed by atoms with van der Waals surface area (Å²) in [5, 5.41) is 0. The highest BCUT2D eigenvalue weighted by Gasteiger charge is 2.11. The summed E-state index contributed by atoms with van der Waals surface area (Å²) in [6.07, 6.45) is 14.3. The van der Waals surface area contributed by atoms with Gasteiger partial charge in [0, 0.05) is 13.2 Å². The Morgan fingerprint density at radius 2 is 1.71 bits per heavy atom. The molecule has 1 unspecified atom stereocenters. The predicted molar refractivity (Wildman–Crippen MR) is 72.2 cm³/mol. The Labute approximate surface area is 107 Å². The van der Waals surface area contributed by atoms with Crippen LogP contribution in [0.15, 0.2) is 0 Å². The van der Waals surface area contributed by atoms with E-state index in [1.165, 1.54) is 64.2 Å². The second-order valence-electron chi connectivity index (χ2n) is 5.14. The van der Waals surface area contributed by atoms with Gasteiger partial charge < -0.3 is 9.47 Å². The first-order valence-electron chi connectivity index (χ1n) is 7.66. The Bertz CT molecular complexity index is 151. The topological polar surface area (TPSA) is 18.5 Å². The van der Waals surface area contributed by atoms with E-state index in [4.69, 9.17) is 9.47 Å². The molecule has 0 radical (unpaired) electrons. The van der Waals surface area contributed by atoms with Crippen molar-refractivity contribution in [3.05, 3.63) is 0 Å². The van der Waals surface area contributed by atoms with Crippen molar-refractivity contribution in [1.29, 1.82) is 0 Å². The average molecular weight is 242 g/mol. The zero-order chi connectivity index (χ0) is 12.2. The third kappa shape index (κ3) is 8.62. The zero-order valence-corrected chi connectivity index (χ0v) is 11.6. The summed E-state index contributed by atoms with van der Waals surface area (Å²) in [5.74, 6) is 0. The minimum absolute atomic E-state index is 0.0888. The third-order valence-corrected chi connectivity index (χ3v) is 3.44. The molecule has 0 spiro atoms. The second-order valence-corrected chi connectivity index (χ2v) is 5.14. The monoisotopic (exact) mass is 242 g/mol. The standard InChI is InChI=1S/C15H30O2/c1-2-3-4-5-7-10-13-16-15-12-9-6-8-11-14-17-15/h15H,2-14H2,1H3. The fourth-order valence-electron chi connectivity index (χ4n) is 2.29.